The van der Waals surface area contributed by atoms with Crippen molar-refractivity contribution in [3.63, 3.8) is 0 Å². The number of rotatable bonds is 4. The van der Waals surface area contributed by atoms with Crippen LogP contribution in [0.2, 0.25) is 0 Å². The Hall–Kier alpha value is -2.94. The summed E-state index contributed by atoms with van der Waals surface area (Å²) in [7, 11) is 0. The number of ether oxygens (including phenoxy) is 1. The van der Waals surface area contributed by atoms with Gasteiger partial charge < -0.3 is 9.15 Å². The third-order valence-electron chi connectivity index (χ3n) is 4.92. The highest BCUT2D eigenvalue weighted by atomic mass is 32.1. The topological polar surface area (TPSA) is 69.2 Å². The molecule has 0 bridgehead atoms. The molecule has 0 aliphatic carbocycles. The zero-order valence-corrected chi connectivity index (χ0v) is 16.5. The maximum absolute atomic E-state index is 5.90. The first-order valence-electron chi connectivity index (χ1n) is 9.47. The Morgan fingerprint density at radius 1 is 1.00 bits per heavy atom. The van der Waals surface area contributed by atoms with Gasteiger partial charge in [-0.15, -0.1) is 5.10 Å². The van der Waals surface area contributed by atoms with Crippen molar-refractivity contribution in [2.24, 2.45) is 0 Å². The number of hydrogen-bond acceptors (Lipinski definition) is 7. The second kappa shape index (κ2) is 7.82. The van der Waals surface area contributed by atoms with Crippen molar-refractivity contribution < 1.29 is 9.15 Å². The van der Waals surface area contributed by atoms with Crippen LogP contribution in [-0.4, -0.2) is 51.0 Å². The first kappa shape index (κ1) is 18.1. The smallest absolute Gasteiger partial charge is 0.288 e. The average Bonchev–Trinajstić information content (AvgIpc) is 3.14. The summed E-state index contributed by atoms with van der Waals surface area (Å²) in [6, 6.07) is 15.7. The lowest BCUT2D eigenvalue weighted by atomic mass is 10.1. The molecule has 29 heavy (non-hydrogen) atoms. The van der Waals surface area contributed by atoms with Crippen molar-refractivity contribution in [1.82, 2.24) is 24.6 Å². The number of aromatic nitrogens is 4. The molecule has 4 aromatic rings. The molecule has 0 spiro atoms. The van der Waals surface area contributed by atoms with E-state index in [1.807, 2.05) is 48.5 Å². The van der Waals surface area contributed by atoms with Crippen LogP contribution in [-0.2, 0) is 11.4 Å². The van der Waals surface area contributed by atoms with Gasteiger partial charge in [0.05, 0.1) is 42.4 Å². The highest BCUT2D eigenvalue weighted by Crippen LogP contribution is 2.30. The van der Waals surface area contributed by atoms with E-state index < -0.39 is 0 Å². The standard InChI is InChI=1S/C21H19N5O2S/c29-21-26(14-25-9-11-27-12-10-25)24-20(28-21)16-13-19(18-7-3-4-8-22-18)23-17-6-2-1-5-15(16)17/h1-8,13H,9-12,14H2. The highest BCUT2D eigenvalue weighted by molar-refractivity contribution is 7.71. The average molecular weight is 405 g/mol. The van der Waals surface area contributed by atoms with Crippen LogP contribution in [0.4, 0.5) is 0 Å². The molecule has 1 aliphatic rings. The summed E-state index contributed by atoms with van der Waals surface area (Å²) in [6.45, 7) is 3.74. The Morgan fingerprint density at radius 3 is 2.66 bits per heavy atom. The minimum absolute atomic E-state index is 0.353. The summed E-state index contributed by atoms with van der Waals surface area (Å²) in [5, 5.41) is 5.63. The molecule has 1 saturated heterocycles. The zero-order chi connectivity index (χ0) is 19.6. The lowest BCUT2D eigenvalue weighted by Crippen LogP contribution is -2.37. The molecule has 4 heterocycles. The first-order chi connectivity index (χ1) is 14.3. The third kappa shape index (κ3) is 3.69. The fraction of sp³-hybridized carbons (Fsp3) is 0.238. The van der Waals surface area contributed by atoms with E-state index >= 15 is 0 Å². The Balaban J connectivity index is 1.59. The molecule has 1 aliphatic heterocycles. The molecule has 0 amide bonds. The van der Waals surface area contributed by atoms with E-state index in [0.29, 0.717) is 17.4 Å². The van der Waals surface area contributed by atoms with Gasteiger partial charge in [0, 0.05) is 24.7 Å². The normalized spacial score (nSPS) is 15.0. The Morgan fingerprint density at radius 2 is 1.83 bits per heavy atom. The number of benzene rings is 1. The predicted octanol–water partition coefficient (Wildman–Crippen LogP) is 3.77. The highest BCUT2D eigenvalue weighted by Gasteiger charge is 2.17. The summed E-state index contributed by atoms with van der Waals surface area (Å²) in [6.07, 6.45) is 1.76. The van der Waals surface area contributed by atoms with E-state index in [4.69, 9.17) is 26.4 Å². The molecule has 0 atom stereocenters. The van der Waals surface area contributed by atoms with Crippen LogP contribution >= 0.6 is 12.2 Å². The van der Waals surface area contributed by atoms with Crippen molar-refractivity contribution in [1.29, 1.82) is 0 Å². The number of pyridine rings is 2. The summed E-state index contributed by atoms with van der Waals surface area (Å²) in [5.41, 5.74) is 3.27. The molecular weight excluding hydrogens is 386 g/mol. The summed E-state index contributed by atoms with van der Waals surface area (Å²) in [4.78, 5) is 11.8. The van der Waals surface area contributed by atoms with Crippen LogP contribution in [0.5, 0.6) is 0 Å². The van der Waals surface area contributed by atoms with Crippen molar-refractivity contribution >= 4 is 23.1 Å². The largest absolute Gasteiger partial charge is 0.409 e. The van der Waals surface area contributed by atoms with Gasteiger partial charge in [-0.1, -0.05) is 24.3 Å². The SMILES string of the molecule is S=c1oc(-c2cc(-c3ccccn3)nc3ccccc23)nn1CN1CCOCC1. The minimum Gasteiger partial charge on any atom is -0.409 e. The van der Waals surface area contributed by atoms with E-state index in [1.165, 1.54) is 0 Å². The number of fused-ring (bicyclic) bond motifs is 1. The van der Waals surface area contributed by atoms with Gasteiger partial charge in [-0.05, 0) is 36.5 Å². The third-order valence-corrected chi connectivity index (χ3v) is 5.21. The second-order valence-corrected chi connectivity index (χ2v) is 7.18. The van der Waals surface area contributed by atoms with Gasteiger partial charge in [0.1, 0.15) is 0 Å². The number of nitrogens with zero attached hydrogens (tertiary/aromatic N) is 5. The fourth-order valence-corrected chi connectivity index (χ4v) is 3.61. The molecule has 3 aromatic heterocycles. The fourth-order valence-electron chi connectivity index (χ4n) is 3.43. The molecule has 7 nitrogen and oxygen atoms in total. The van der Waals surface area contributed by atoms with E-state index in [0.717, 1.165) is 54.2 Å². The molecule has 5 rings (SSSR count). The van der Waals surface area contributed by atoms with Gasteiger partial charge >= 0.3 is 0 Å². The lowest BCUT2D eigenvalue weighted by molar-refractivity contribution is 0.0206. The van der Waals surface area contributed by atoms with Gasteiger partial charge in [0.25, 0.3) is 4.84 Å². The van der Waals surface area contributed by atoms with E-state index in [2.05, 4.69) is 15.0 Å². The van der Waals surface area contributed by atoms with Gasteiger partial charge in [0.2, 0.25) is 5.89 Å². The molecule has 1 aromatic carbocycles. The quantitative estimate of drug-likeness (QED) is 0.479. The van der Waals surface area contributed by atoms with Gasteiger partial charge in [0.15, 0.2) is 0 Å². The number of hydrogen-bond donors (Lipinski definition) is 0. The van der Waals surface area contributed by atoms with Crippen molar-refractivity contribution in [2.75, 3.05) is 26.3 Å². The molecule has 146 valence electrons. The molecule has 1 fully saturated rings. The molecule has 0 unspecified atom stereocenters. The van der Waals surface area contributed by atoms with Crippen LogP contribution in [0.3, 0.4) is 0 Å². The lowest BCUT2D eigenvalue weighted by Gasteiger charge is -2.25. The van der Waals surface area contributed by atoms with Crippen LogP contribution in [0.15, 0.2) is 59.1 Å². The van der Waals surface area contributed by atoms with Gasteiger partial charge in [-0.25, -0.2) is 9.67 Å². The maximum atomic E-state index is 5.90. The van der Waals surface area contributed by atoms with Crippen LogP contribution in [0.25, 0.3) is 33.7 Å². The first-order valence-corrected chi connectivity index (χ1v) is 9.88. The maximum Gasteiger partial charge on any atom is 0.288 e. The van der Waals surface area contributed by atoms with Gasteiger partial charge in [-0.3, -0.25) is 9.88 Å². The number of para-hydroxylation sites is 1. The molecular formula is C21H19N5O2S. The number of morpholine rings is 1. The Bertz CT molecular complexity index is 1200. The van der Waals surface area contributed by atoms with Crippen LogP contribution < -0.4 is 0 Å². The van der Waals surface area contributed by atoms with Crippen LogP contribution in [0.1, 0.15) is 0 Å². The molecule has 8 heteroatoms. The summed E-state index contributed by atoms with van der Waals surface area (Å²) < 4.78 is 13.0. The Labute approximate surface area is 172 Å². The minimum atomic E-state index is 0.353. The molecule has 0 radical (unpaired) electrons. The van der Waals surface area contributed by atoms with Crippen molar-refractivity contribution in [2.45, 2.75) is 6.67 Å². The summed E-state index contributed by atoms with van der Waals surface area (Å²) >= 11 is 5.44. The van der Waals surface area contributed by atoms with E-state index in [-0.39, 0.29) is 0 Å². The monoisotopic (exact) mass is 405 g/mol. The second-order valence-electron chi connectivity index (χ2n) is 6.83. The van der Waals surface area contributed by atoms with Gasteiger partial charge in [-0.2, -0.15) is 0 Å². The van der Waals surface area contributed by atoms with E-state index in [9.17, 15) is 0 Å². The molecule has 0 saturated carbocycles. The van der Waals surface area contributed by atoms with Crippen LogP contribution in [0, 0.1) is 4.84 Å². The molecule has 0 N–H and O–H groups in total. The Kier molecular flexibility index (Phi) is 4.89. The van der Waals surface area contributed by atoms with E-state index in [1.54, 1.807) is 10.9 Å². The summed E-state index contributed by atoms with van der Waals surface area (Å²) in [5.74, 6) is 0.485. The predicted molar refractivity (Wildman–Crippen MR) is 112 cm³/mol. The zero-order valence-electron chi connectivity index (χ0n) is 15.7. The van der Waals surface area contributed by atoms with Crippen molar-refractivity contribution in [3.8, 4) is 22.8 Å². The van der Waals surface area contributed by atoms with Crippen molar-refractivity contribution in [3.05, 3.63) is 59.6 Å².